The number of hydrogen-bond donors (Lipinski definition) is 2. The summed E-state index contributed by atoms with van der Waals surface area (Å²) in [7, 11) is 1.43. The number of aromatic hydroxyl groups is 1. The summed E-state index contributed by atoms with van der Waals surface area (Å²) in [5, 5.41) is 10.4. The molecule has 120 valence electrons. The van der Waals surface area contributed by atoms with Gasteiger partial charge >= 0.3 is 0 Å². The van der Waals surface area contributed by atoms with Crippen LogP contribution < -0.4 is 5.73 Å². The molecule has 1 atom stereocenters. The maximum Gasteiger partial charge on any atom is 0.300 e. The second-order valence-electron chi connectivity index (χ2n) is 5.08. The van der Waals surface area contributed by atoms with Crippen LogP contribution in [0.25, 0.3) is 22.4 Å². The number of nitrogens with two attached hydrogens (primary N) is 1. The van der Waals surface area contributed by atoms with Crippen LogP contribution in [0.15, 0.2) is 28.7 Å². The number of pyridine rings is 1. The topological polar surface area (TPSA) is 85.2 Å². The van der Waals surface area contributed by atoms with Crippen LogP contribution in [0, 0.1) is 6.92 Å². The normalized spacial score (nSPS) is 12.0. The summed E-state index contributed by atoms with van der Waals surface area (Å²) >= 11 is 0. The molecule has 3 N–H and O–H groups in total. The molecule has 0 aliphatic heterocycles. The standard InChI is InChI=1S/C15H14F2N3O2P/c1-7-11(6-18)22-14(19-7)9-2-4-10(21)13-8(9)3-5-12(20-13)15(16,17)23/h2-5,21H,6,18,23H2,1H3. The summed E-state index contributed by atoms with van der Waals surface area (Å²) in [5.74, 6) is 0.657. The Labute approximate surface area is 132 Å². The van der Waals surface area contributed by atoms with Crippen molar-refractivity contribution in [2.24, 2.45) is 5.73 Å². The van der Waals surface area contributed by atoms with Crippen LogP contribution in [-0.4, -0.2) is 15.1 Å². The van der Waals surface area contributed by atoms with Crippen molar-refractivity contribution >= 4 is 20.1 Å². The number of halogens is 2. The van der Waals surface area contributed by atoms with Gasteiger partial charge in [-0.15, -0.1) is 0 Å². The highest BCUT2D eigenvalue weighted by Crippen LogP contribution is 2.38. The van der Waals surface area contributed by atoms with Crippen LogP contribution in [0.4, 0.5) is 8.78 Å². The zero-order chi connectivity index (χ0) is 16.8. The molecule has 23 heavy (non-hydrogen) atoms. The predicted molar refractivity (Wildman–Crippen MR) is 85.1 cm³/mol. The molecule has 8 heteroatoms. The summed E-state index contributed by atoms with van der Waals surface area (Å²) in [6.45, 7) is 1.97. The fourth-order valence-corrected chi connectivity index (χ4v) is 2.47. The van der Waals surface area contributed by atoms with Gasteiger partial charge < -0.3 is 15.3 Å². The molecule has 0 bridgehead atoms. The molecule has 0 amide bonds. The second kappa shape index (κ2) is 5.51. The minimum atomic E-state index is -3.18. The molecule has 0 saturated heterocycles. The number of benzene rings is 1. The molecular weight excluding hydrogens is 323 g/mol. The van der Waals surface area contributed by atoms with Gasteiger partial charge in [0, 0.05) is 10.9 Å². The maximum absolute atomic E-state index is 13.4. The van der Waals surface area contributed by atoms with E-state index in [1.165, 1.54) is 27.4 Å². The van der Waals surface area contributed by atoms with Crippen LogP contribution in [0.2, 0.25) is 0 Å². The number of nitrogens with zero attached hydrogens (tertiary/aromatic N) is 2. The lowest BCUT2D eigenvalue weighted by molar-refractivity contribution is 0.0990. The summed E-state index contributed by atoms with van der Waals surface area (Å²) in [4.78, 5) is 8.16. The number of phenols is 1. The molecule has 5 nitrogen and oxygen atoms in total. The van der Waals surface area contributed by atoms with Crippen molar-refractivity contribution in [1.82, 2.24) is 9.97 Å². The number of fused-ring (bicyclic) bond motifs is 1. The zero-order valence-electron chi connectivity index (χ0n) is 12.2. The molecular formula is C15H14F2N3O2P. The molecule has 0 aliphatic carbocycles. The van der Waals surface area contributed by atoms with Crippen molar-refractivity contribution in [3.63, 3.8) is 0 Å². The highest BCUT2D eigenvalue weighted by Gasteiger charge is 2.27. The molecule has 2 aromatic heterocycles. The van der Waals surface area contributed by atoms with Gasteiger partial charge in [-0.25, -0.2) is 9.97 Å². The van der Waals surface area contributed by atoms with Gasteiger partial charge in [-0.3, -0.25) is 0 Å². The van der Waals surface area contributed by atoms with Crippen molar-refractivity contribution < 1.29 is 18.3 Å². The minimum absolute atomic E-state index is 0.0623. The van der Waals surface area contributed by atoms with E-state index in [9.17, 15) is 13.9 Å². The van der Waals surface area contributed by atoms with Crippen molar-refractivity contribution in [2.75, 3.05) is 0 Å². The van der Waals surface area contributed by atoms with E-state index < -0.39 is 11.4 Å². The average molecular weight is 337 g/mol. The Bertz CT molecular complexity index is 890. The summed E-state index contributed by atoms with van der Waals surface area (Å²) in [6.07, 6.45) is 0. The van der Waals surface area contributed by atoms with Crippen molar-refractivity contribution in [3.05, 3.63) is 41.4 Å². The highest BCUT2D eigenvalue weighted by atomic mass is 31.0. The van der Waals surface area contributed by atoms with E-state index >= 15 is 0 Å². The first-order valence-electron chi connectivity index (χ1n) is 6.78. The Morgan fingerprint density at radius 3 is 2.61 bits per heavy atom. The lowest BCUT2D eigenvalue weighted by Crippen LogP contribution is -2.05. The third-order valence-corrected chi connectivity index (χ3v) is 3.78. The third kappa shape index (κ3) is 2.78. The molecule has 2 heterocycles. The Balaban J connectivity index is 2.24. The van der Waals surface area contributed by atoms with E-state index in [-0.39, 0.29) is 17.8 Å². The zero-order valence-corrected chi connectivity index (χ0v) is 13.3. The Hall–Kier alpha value is -2.11. The fourth-order valence-electron chi connectivity index (χ4n) is 2.31. The molecule has 3 aromatic rings. The molecule has 3 rings (SSSR count). The van der Waals surface area contributed by atoms with E-state index in [0.717, 1.165) is 0 Å². The van der Waals surface area contributed by atoms with Crippen LogP contribution >= 0.6 is 9.24 Å². The number of oxazole rings is 1. The van der Waals surface area contributed by atoms with Gasteiger partial charge in [-0.05, 0) is 31.2 Å². The number of rotatable bonds is 3. The number of aromatic nitrogens is 2. The first-order valence-corrected chi connectivity index (χ1v) is 7.35. The van der Waals surface area contributed by atoms with E-state index in [4.69, 9.17) is 10.2 Å². The molecule has 0 radical (unpaired) electrons. The maximum atomic E-state index is 13.4. The SMILES string of the molecule is Cc1nc(-c2ccc(O)c3nc(C(F)(F)P)ccc23)oc1CN. The molecule has 0 aliphatic rings. The first-order chi connectivity index (χ1) is 10.8. The summed E-state index contributed by atoms with van der Waals surface area (Å²) < 4.78 is 32.4. The predicted octanol–water partition coefficient (Wildman–Crippen LogP) is 3.29. The minimum Gasteiger partial charge on any atom is -0.506 e. The van der Waals surface area contributed by atoms with Crippen LogP contribution in [0.3, 0.4) is 0 Å². The lowest BCUT2D eigenvalue weighted by atomic mass is 10.1. The first kappa shape index (κ1) is 15.8. The van der Waals surface area contributed by atoms with Crippen molar-refractivity contribution in [2.45, 2.75) is 19.1 Å². The van der Waals surface area contributed by atoms with E-state index in [0.29, 0.717) is 28.3 Å². The molecule has 0 fully saturated rings. The van der Waals surface area contributed by atoms with Gasteiger partial charge in [-0.1, -0.05) is 9.24 Å². The Kier molecular flexibility index (Phi) is 3.78. The van der Waals surface area contributed by atoms with E-state index in [2.05, 4.69) is 9.97 Å². The monoisotopic (exact) mass is 337 g/mol. The second-order valence-corrected chi connectivity index (χ2v) is 5.80. The van der Waals surface area contributed by atoms with E-state index in [1.54, 1.807) is 13.0 Å². The fraction of sp³-hybridized carbons (Fsp3) is 0.200. The highest BCUT2D eigenvalue weighted by molar-refractivity contribution is 7.17. The van der Waals surface area contributed by atoms with Gasteiger partial charge in [0.05, 0.1) is 12.2 Å². The van der Waals surface area contributed by atoms with Crippen LogP contribution in [0.1, 0.15) is 17.1 Å². The Morgan fingerprint density at radius 1 is 1.26 bits per heavy atom. The number of phenolic OH excluding ortho intramolecular Hbond substituents is 1. The van der Waals surface area contributed by atoms with Gasteiger partial charge in [0.2, 0.25) is 5.89 Å². The lowest BCUT2D eigenvalue weighted by Gasteiger charge is -2.11. The molecule has 0 saturated carbocycles. The van der Waals surface area contributed by atoms with Crippen molar-refractivity contribution in [3.8, 4) is 17.2 Å². The molecule has 1 aromatic carbocycles. The number of aryl methyl sites for hydroxylation is 1. The van der Waals surface area contributed by atoms with Gasteiger partial charge in [0.25, 0.3) is 5.66 Å². The van der Waals surface area contributed by atoms with Gasteiger partial charge in [0.15, 0.2) is 0 Å². The largest absolute Gasteiger partial charge is 0.506 e. The van der Waals surface area contributed by atoms with Crippen LogP contribution in [-0.2, 0) is 12.2 Å². The summed E-state index contributed by atoms with van der Waals surface area (Å²) in [6, 6.07) is 5.64. The van der Waals surface area contributed by atoms with Gasteiger partial charge in [0.1, 0.15) is 22.7 Å². The Morgan fingerprint density at radius 2 is 2.00 bits per heavy atom. The quantitative estimate of drug-likeness (QED) is 0.717. The van der Waals surface area contributed by atoms with Crippen molar-refractivity contribution in [1.29, 1.82) is 0 Å². The smallest absolute Gasteiger partial charge is 0.300 e. The molecule has 0 spiro atoms. The van der Waals surface area contributed by atoms with Gasteiger partial charge in [-0.2, -0.15) is 8.78 Å². The molecule has 1 unspecified atom stereocenters. The number of alkyl halides is 2. The average Bonchev–Trinajstić information content (AvgIpc) is 2.87. The third-order valence-electron chi connectivity index (χ3n) is 3.49. The number of hydrogen-bond acceptors (Lipinski definition) is 5. The van der Waals surface area contributed by atoms with Crippen LogP contribution in [0.5, 0.6) is 5.75 Å². The van der Waals surface area contributed by atoms with E-state index in [1.807, 2.05) is 0 Å². The summed E-state index contributed by atoms with van der Waals surface area (Å²) in [5.41, 5.74) is 3.21.